The van der Waals surface area contributed by atoms with Crippen LogP contribution in [0.1, 0.15) is 5.56 Å². The van der Waals surface area contributed by atoms with Crippen LogP contribution in [0.4, 0.5) is 0 Å². The fraction of sp³-hybridized carbons (Fsp3) is 0.333. The van der Waals surface area contributed by atoms with Crippen LogP contribution in [0, 0.1) is 0 Å². The van der Waals surface area contributed by atoms with Gasteiger partial charge in [-0.2, -0.15) is 12.6 Å². The zero-order valence-electron chi connectivity index (χ0n) is 15.5. The summed E-state index contributed by atoms with van der Waals surface area (Å²) in [6.07, 6.45) is 1.85. The van der Waals surface area contributed by atoms with Crippen LogP contribution in [0.15, 0.2) is 30.5 Å². The number of nitrogens with one attached hydrogen (secondary N) is 4. The minimum atomic E-state index is -1.21. The average Bonchev–Trinajstić information content (AvgIpc) is 3.12. The van der Waals surface area contributed by atoms with E-state index >= 15 is 0 Å². The fourth-order valence-corrected chi connectivity index (χ4v) is 2.81. The van der Waals surface area contributed by atoms with Gasteiger partial charge in [0, 0.05) is 29.3 Å². The van der Waals surface area contributed by atoms with Gasteiger partial charge in [0.2, 0.25) is 17.7 Å². The van der Waals surface area contributed by atoms with E-state index in [0.29, 0.717) is 0 Å². The number of thiol groups is 1. The molecule has 0 spiro atoms. The van der Waals surface area contributed by atoms with E-state index in [9.17, 15) is 19.2 Å². The molecule has 2 unspecified atom stereocenters. The minimum absolute atomic E-state index is 0.119. The lowest BCUT2D eigenvalue weighted by Crippen LogP contribution is -2.52. The summed E-state index contributed by atoms with van der Waals surface area (Å²) >= 11 is 3.91. The highest BCUT2D eigenvalue weighted by molar-refractivity contribution is 7.80. The maximum absolute atomic E-state index is 12.4. The zero-order chi connectivity index (χ0) is 21.4. The summed E-state index contributed by atoms with van der Waals surface area (Å²) in [5.41, 5.74) is 7.16. The molecule has 1 heterocycles. The number of benzene rings is 1. The van der Waals surface area contributed by atoms with Crippen molar-refractivity contribution in [3.05, 3.63) is 36.0 Å². The van der Waals surface area contributed by atoms with Crippen molar-refractivity contribution in [3.8, 4) is 0 Å². The number of carboxylic acids is 1. The number of fused-ring (bicyclic) bond motifs is 1. The maximum Gasteiger partial charge on any atom is 0.322 e. The van der Waals surface area contributed by atoms with Crippen molar-refractivity contribution in [1.82, 2.24) is 20.9 Å². The van der Waals surface area contributed by atoms with Crippen LogP contribution in [0.3, 0.4) is 0 Å². The molecule has 10 nitrogen and oxygen atoms in total. The van der Waals surface area contributed by atoms with E-state index in [1.165, 1.54) is 0 Å². The lowest BCUT2D eigenvalue weighted by Gasteiger charge is -2.18. The average molecular weight is 421 g/mol. The first-order valence-corrected chi connectivity index (χ1v) is 9.43. The molecule has 1 aromatic carbocycles. The Morgan fingerprint density at radius 1 is 1.10 bits per heavy atom. The largest absolute Gasteiger partial charge is 0.480 e. The number of para-hydroxylation sites is 1. The van der Waals surface area contributed by atoms with Gasteiger partial charge in [0.05, 0.1) is 12.6 Å². The molecular weight excluding hydrogens is 398 g/mol. The maximum atomic E-state index is 12.4. The summed E-state index contributed by atoms with van der Waals surface area (Å²) in [7, 11) is 0. The molecule has 0 saturated carbocycles. The number of carbonyl (C=O) groups excluding carboxylic acids is 3. The lowest BCUT2D eigenvalue weighted by atomic mass is 10.0. The van der Waals surface area contributed by atoms with Crippen LogP contribution in [0.25, 0.3) is 10.9 Å². The summed E-state index contributed by atoms with van der Waals surface area (Å²) < 4.78 is 0. The fourth-order valence-electron chi connectivity index (χ4n) is 2.64. The van der Waals surface area contributed by atoms with Crippen molar-refractivity contribution in [2.24, 2.45) is 5.73 Å². The van der Waals surface area contributed by atoms with Gasteiger partial charge in [0.25, 0.3) is 0 Å². The smallest absolute Gasteiger partial charge is 0.322 e. The number of hydrogen-bond acceptors (Lipinski definition) is 6. The van der Waals surface area contributed by atoms with Gasteiger partial charge in [-0.3, -0.25) is 19.2 Å². The van der Waals surface area contributed by atoms with Gasteiger partial charge in [-0.25, -0.2) is 0 Å². The van der Waals surface area contributed by atoms with E-state index in [1.807, 2.05) is 24.3 Å². The van der Waals surface area contributed by atoms with Crippen LogP contribution in [0.2, 0.25) is 0 Å². The first-order chi connectivity index (χ1) is 13.8. The number of amides is 3. The number of H-pyrrole nitrogens is 1. The number of aromatic amines is 1. The molecule has 2 atom stereocenters. The summed E-state index contributed by atoms with van der Waals surface area (Å²) in [4.78, 5) is 50.1. The number of rotatable bonds is 10. The molecule has 0 saturated heterocycles. The van der Waals surface area contributed by atoms with Crippen molar-refractivity contribution in [2.75, 3.05) is 18.8 Å². The number of aromatic nitrogens is 1. The second-order valence-corrected chi connectivity index (χ2v) is 6.67. The van der Waals surface area contributed by atoms with Crippen LogP contribution in [-0.2, 0) is 25.6 Å². The van der Waals surface area contributed by atoms with Gasteiger partial charge < -0.3 is 31.8 Å². The Bertz CT molecular complexity index is 900. The Labute approximate surface area is 172 Å². The monoisotopic (exact) mass is 421 g/mol. The predicted octanol–water partition coefficient (Wildman–Crippen LogP) is -1.23. The third-order valence-corrected chi connectivity index (χ3v) is 4.51. The van der Waals surface area contributed by atoms with E-state index in [2.05, 4.69) is 33.6 Å². The van der Waals surface area contributed by atoms with Crippen molar-refractivity contribution in [2.45, 2.75) is 18.5 Å². The third-order valence-electron chi connectivity index (χ3n) is 4.12. The number of nitrogens with two attached hydrogens (primary N) is 1. The molecule has 2 rings (SSSR count). The van der Waals surface area contributed by atoms with Crippen molar-refractivity contribution in [1.29, 1.82) is 0 Å². The second kappa shape index (κ2) is 10.5. The number of carbonyl (C=O) groups is 4. The first kappa shape index (κ1) is 22.2. The highest BCUT2D eigenvalue weighted by atomic mass is 32.1. The van der Waals surface area contributed by atoms with Gasteiger partial charge >= 0.3 is 5.97 Å². The quantitative estimate of drug-likeness (QED) is 0.237. The molecule has 156 valence electrons. The molecule has 7 N–H and O–H groups in total. The van der Waals surface area contributed by atoms with E-state index in [-0.39, 0.29) is 18.7 Å². The van der Waals surface area contributed by atoms with Crippen LogP contribution in [-0.4, -0.2) is 64.7 Å². The lowest BCUT2D eigenvalue weighted by molar-refractivity contribution is -0.138. The Morgan fingerprint density at radius 3 is 2.48 bits per heavy atom. The van der Waals surface area contributed by atoms with E-state index in [0.717, 1.165) is 16.5 Å². The second-order valence-electron chi connectivity index (χ2n) is 6.30. The predicted molar refractivity (Wildman–Crippen MR) is 109 cm³/mol. The first-order valence-electron chi connectivity index (χ1n) is 8.79. The summed E-state index contributed by atoms with van der Waals surface area (Å²) in [5, 5.41) is 16.8. The zero-order valence-corrected chi connectivity index (χ0v) is 16.4. The van der Waals surface area contributed by atoms with Crippen molar-refractivity contribution >= 4 is 47.2 Å². The molecule has 0 aliphatic rings. The van der Waals surface area contributed by atoms with Gasteiger partial charge in [0.1, 0.15) is 12.6 Å². The Morgan fingerprint density at radius 2 is 1.79 bits per heavy atom. The molecule has 0 bridgehead atoms. The van der Waals surface area contributed by atoms with Crippen molar-refractivity contribution in [3.63, 3.8) is 0 Å². The van der Waals surface area contributed by atoms with Crippen LogP contribution >= 0.6 is 12.6 Å². The molecule has 0 aliphatic carbocycles. The van der Waals surface area contributed by atoms with Crippen LogP contribution in [0.5, 0.6) is 0 Å². The van der Waals surface area contributed by atoms with Gasteiger partial charge in [-0.1, -0.05) is 18.2 Å². The standard InChI is InChI=1S/C18H23N5O5S/c19-12(9-29)17(27)21-7-15(24)23-14(18(28)22-8-16(25)26)5-10-6-20-13-4-2-1-3-11(10)13/h1-4,6,12,14,20,29H,5,7-9,19H2,(H,21,27)(H,22,28)(H,23,24)(H,25,26). The molecule has 0 radical (unpaired) electrons. The van der Waals surface area contributed by atoms with Gasteiger partial charge in [-0.05, 0) is 11.6 Å². The SMILES string of the molecule is NC(CS)C(=O)NCC(=O)NC(Cc1c[nH]c2ccccc12)C(=O)NCC(=O)O. The molecule has 0 fully saturated rings. The third kappa shape index (κ3) is 6.50. The highest BCUT2D eigenvalue weighted by Crippen LogP contribution is 2.19. The topological polar surface area (TPSA) is 166 Å². The van der Waals surface area contributed by atoms with Crippen molar-refractivity contribution < 1.29 is 24.3 Å². The van der Waals surface area contributed by atoms with E-state index in [1.54, 1.807) is 6.20 Å². The minimum Gasteiger partial charge on any atom is -0.480 e. The Kier molecular flexibility index (Phi) is 8.04. The van der Waals surface area contributed by atoms with E-state index < -0.39 is 42.3 Å². The number of carboxylic acid groups (broad SMARTS) is 1. The van der Waals surface area contributed by atoms with Gasteiger partial charge in [-0.15, -0.1) is 0 Å². The molecule has 0 aliphatic heterocycles. The molecule has 2 aromatic rings. The molecule has 1 aromatic heterocycles. The number of aliphatic carboxylic acids is 1. The summed E-state index contributed by atoms with van der Waals surface area (Å²) in [6, 6.07) is 5.56. The molecular formula is C18H23N5O5S. The number of hydrogen-bond donors (Lipinski definition) is 7. The molecule has 29 heavy (non-hydrogen) atoms. The summed E-state index contributed by atoms with van der Waals surface area (Å²) in [6.45, 7) is -0.955. The molecule has 11 heteroatoms. The van der Waals surface area contributed by atoms with E-state index in [4.69, 9.17) is 10.8 Å². The Balaban J connectivity index is 2.08. The Hall–Kier alpha value is -3.05. The normalized spacial score (nSPS) is 12.8. The summed E-state index contributed by atoms with van der Waals surface area (Å²) in [5.74, 6) is -2.89. The van der Waals surface area contributed by atoms with Crippen LogP contribution < -0.4 is 21.7 Å². The molecule has 3 amide bonds. The highest BCUT2D eigenvalue weighted by Gasteiger charge is 2.23. The van der Waals surface area contributed by atoms with Gasteiger partial charge in [0.15, 0.2) is 0 Å².